The van der Waals surface area contributed by atoms with E-state index >= 15 is 0 Å². The highest BCUT2D eigenvalue weighted by Gasteiger charge is 2.21. The predicted molar refractivity (Wildman–Crippen MR) is 70.5 cm³/mol. The molecule has 0 amide bonds. The molecule has 0 saturated carbocycles. The van der Waals surface area contributed by atoms with Crippen molar-refractivity contribution in [3.8, 4) is 5.69 Å². The highest BCUT2D eigenvalue weighted by atomic mass is 79.9. The van der Waals surface area contributed by atoms with Crippen LogP contribution < -0.4 is 0 Å². The van der Waals surface area contributed by atoms with Gasteiger partial charge in [0, 0.05) is 10.0 Å². The molecule has 0 N–H and O–H groups in total. The van der Waals surface area contributed by atoms with Gasteiger partial charge in [0.25, 0.3) is 6.43 Å². The molecule has 0 unspecified atom stereocenters. The van der Waals surface area contributed by atoms with Crippen molar-refractivity contribution in [3.05, 3.63) is 45.7 Å². The Hall–Kier alpha value is -0.940. The Morgan fingerprint density at radius 1 is 1.44 bits per heavy atom. The van der Waals surface area contributed by atoms with Crippen molar-refractivity contribution in [2.45, 2.75) is 19.2 Å². The van der Waals surface area contributed by atoms with E-state index in [1.807, 2.05) is 13.0 Å². The summed E-state index contributed by atoms with van der Waals surface area (Å²) in [5.74, 6) is 0.0231. The lowest BCUT2D eigenvalue weighted by Gasteiger charge is -2.11. The van der Waals surface area contributed by atoms with Crippen LogP contribution in [-0.2, 0) is 5.88 Å². The van der Waals surface area contributed by atoms with Crippen molar-refractivity contribution in [3.63, 3.8) is 0 Å². The van der Waals surface area contributed by atoms with E-state index in [0.29, 0.717) is 11.3 Å². The molecule has 18 heavy (non-hydrogen) atoms. The Labute approximate surface area is 117 Å². The van der Waals surface area contributed by atoms with Gasteiger partial charge in [-0.1, -0.05) is 15.9 Å². The fourth-order valence-corrected chi connectivity index (χ4v) is 2.46. The predicted octanol–water partition coefficient (Wildman–Crippen LogP) is 4.62. The van der Waals surface area contributed by atoms with Crippen LogP contribution in [0.25, 0.3) is 5.69 Å². The Kier molecular flexibility index (Phi) is 4.02. The third-order valence-electron chi connectivity index (χ3n) is 2.62. The first-order valence-electron chi connectivity index (χ1n) is 5.22. The fourth-order valence-electron chi connectivity index (χ4n) is 1.78. The van der Waals surface area contributed by atoms with E-state index in [2.05, 4.69) is 21.0 Å². The first-order valence-corrected chi connectivity index (χ1v) is 6.54. The summed E-state index contributed by atoms with van der Waals surface area (Å²) < 4.78 is 28.3. The van der Waals surface area contributed by atoms with Crippen LogP contribution in [0, 0.1) is 6.92 Å². The SMILES string of the molecule is Cc1cc(Br)ccc1-n1ncc(CCl)c1C(F)F. The molecule has 0 bridgehead atoms. The summed E-state index contributed by atoms with van der Waals surface area (Å²) in [5.41, 5.74) is 1.70. The molecule has 0 radical (unpaired) electrons. The molecule has 2 nitrogen and oxygen atoms in total. The standard InChI is InChI=1S/C12H10BrClF2N2/c1-7-4-9(13)2-3-10(7)18-11(12(15)16)8(5-14)6-17-18/h2-4,6,12H,5H2,1H3. The molecule has 0 atom stereocenters. The molecule has 2 aromatic rings. The van der Waals surface area contributed by atoms with Gasteiger partial charge in [0.15, 0.2) is 0 Å². The molecule has 6 heteroatoms. The quantitative estimate of drug-likeness (QED) is 0.748. The monoisotopic (exact) mass is 334 g/mol. The summed E-state index contributed by atoms with van der Waals surface area (Å²) in [6, 6.07) is 5.39. The van der Waals surface area contributed by atoms with Crippen LogP contribution in [0.15, 0.2) is 28.9 Å². The number of hydrogen-bond acceptors (Lipinski definition) is 1. The zero-order chi connectivity index (χ0) is 13.3. The zero-order valence-electron chi connectivity index (χ0n) is 9.50. The van der Waals surface area contributed by atoms with E-state index in [-0.39, 0.29) is 11.6 Å². The van der Waals surface area contributed by atoms with E-state index < -0.39 is 6.43 Å². The van der Waals surface area contributed by atoms with Crippen molar-refractivity contribution in [1.82, 2.24) is 9.78 Å². The Morgan fingerprint density at radius 3 is 2.72 bits per heavy atom. The topological polar surface area (TPSA) is 17.8 Å². The maximum absolute atomic E-state index is 13.1. The number of halogens is 4. The lowest BCUT2D eigenvalue weighted by atomic mass is 10.2. The van der Waals surface area contributed by atoms with Crippen LogP contribution in [0.5, 0.6) is 0 Å². The third-order valence-corrected chi connectivity index (χ3v) is 3.41. The molecule has 96 valence electrons. The van der Waals surface area contributed by atoms with Gasteiger partial charge in [0.1, 0.15) is 5.69 Å². The Bertz CT molecular complexity index is 569. The van der Waals surface area contributed by atoms with Gasteiger partial charge < -0.3 is 0 Å². The summed E-state index contributed by atoms with van der Waals surface area (Å²) in [6.07, 6.45) is -1.22. The van der Waals surface area contributed by atoms with Gasteiger partial charge in [-0.05, 0) is 30.7 Å². The first-order chi connectivity index (χ1) is 8.54. The van der Waals surface area contributed by atoms with Crippen LogP contribution >= 0.6 is 27.5 Å². The number of benzene rings is 1. The average Bonchev–Trinajstić information content (AvgIpc) is 2.72. The summed E-state index contributed by atoms with van der Waals surface area (Å²) in [6.45, 7) is 1.84. The van der Waals surface area contributed by atoms with Crippen LogP contribution in [0.2, 0.25) is 0 Å². The third kappa shape index (κ3) is 2.42. The van der Waals surface area contributed by atoms with Gasteiger partial charge in [0.2, 0.25) is 0 Å². The van der Waals surface area contributed by atoms with Crippen LogP contribution in [-0.4, -0.2) is 9.78 Å². The normalized spacial score (nSPS) is 11.2. The second-order valence-electron chi connectivity index (χ2n) is 3.83. The molecule has 1 aromatic heterocycles. The molecule has 1 heterocycles. The van der Waals surface area contributed by atoms with Crippen LogP contribution in [0.4, 0.5) is 8.78 Å². The molecular weight excluding hydrogens is 325 g/mol. The molecule has 1 aromatic carbocycles. The van der Waals surface area contributed by atoms with Gasteiger partial charge in [-0.2, -0.15) is 5.10 Å². The molecule has 0 aliphatic heterocycles. The highest BCUT2D eigenvalue weighted by Crippen LogP contribution is 2.28. The van der Waals surface area contributed by atoms with Crippen LogP contribution in [0.1, 0.15) is 23.2 Å². The second-order valence-corrected chi connectivity index (χ2v) is 5.01. The fraction of sp³-hybridized carbons (Fsp3) is 0.250. The number of alkyl halides is 3. The minimum atomic E-state index is -2.61. The Morgan fingerprint density at radius 2 is 2.17 bits per heavy atom. The van der Waals surface area contributed by atoms with E-state index in [1.54, 1.807) is 12.1 Å². The summed E-state index contributed by atoms with van der Waals surface area (Å²) >= 11 is 8.98. The highest BCUT2D eigenvalue weighted by molar-refractivity contribution is 9.10. The lowest BCUT2D eigenvalue weighted by Crippen LogP contribution is -2.05. The van der Waals surface area contributed by atoms with Gasteiger partial charge >= 0.3 is 0 Å². The molecule has 0 aliphatic rings. The van der Waals surface area contributed by atoms with Crippen molar-refractivity contribution < 1.29 is 8.78 Å². The molecular formula is C12H10BrClF2N2. The Balaban J connectivity index is 2.60. The van der Waals surface area contributed by atoms with Gasteiger partial charge in [-0.25, -0.2) is 13.5 Å². The van der Waals surface area contributed by atoms with Crippen molar-refractivity contribution in [2.24, 2.45) is 0 Å². The molecule has 0 saturated heterocycles. The van der Waals surface area contributed by atoms with E-state index in [1.165, 1.54) is 10.9 Å². The van der Waals surface area contributed by atoms with Gasteiger partial charge in [-0.3, -0.25) is 0 Å². The summed E-state index contributed by atoms with van der Waals surface area (Å²) in [5, 5.41) is 4.01. The van der Waals surface area contributed by atoms with Crippen molar-refractivity contribution >= 4 is 27.5 Å². The maximum Gasteiger partial charge on any atom is 0.280 e. The lowest BCUT2D eigenvalue weighted by molar-refractivity contribution is 0.142. The number of aryl methyl sites for hydroxylation is 1. The number of hydrogen-bond donors (Lipinski definition) is 0. The van der Waals surface area contributed by atoms with Crippen molar-refractivity contribution in [2.75, 3.05) is 0 Å². The zero-order valence-corrected chi connectivity index (χ0v) is 11.8. The minimum absolute atomic E-state index is 0.0231. The van der Waals surface area contributed by atoms with Gasteiger partial charge in [0.05, 0.1) is 17.8 Å². The molecule has 0 aliphatic carbocycles. The number of rotatable bonds is 3. The van der Waals surface area contributed by atoms with Crippen molar-refractivity contribution in [1.29, 1.82) is 0 Å². The minimum Gasteiger partial charge on any atom is -0.231 e. The number of nitrogens with zero attached hydrogens (tertiary/aromatic N) is 2. The number of aromatic nitrogens is 2. The molecule has 0 spiro atoms. The van der Waals surface area contributed by atoms with E-state index in [4.69, 9.17) is 11.6 Å². The maximum atomic E-state index is 13.1. The summed E-state index contributed by atoms with van der Waals surface area (Å²) in [7, 11) is 0. The van der Waals surface area contributed by atoms with Gasteiger partial charge in [-0.15, -0.1) is 11.6 Å². The van der Waals surface area contributed by atoms with E-state index in [0.717, 1.165) is 10.0 Å². The molecule has 0 fully saturated rings. The smallest absolute Gasteiger partial charge is 0.231 e. The molecule has 2 rings (SSSR count). The van der Waals surface area contributed by atoms with E-state index in [9.17, 15) is 8.78 Å². The first kappa shape index (κ1) is 13.5. The average molecular weight is 336 g/mol. The van der Waals surface area contributed by atoms with Crippen LogP contribution in [0.3, 0.4) is 0 Å². The summed E-state index contributed by atoms with van der Waals surface area (Å²) in [4.78, 5) is 0. The largest absolute Gasteiger partial charge is 0.280 e. The second kappa shape index (κ2) is 5.36.